The highest BCUT2D eigenvalue weighted by molar-refractivity contribution is 6.02. The zero-order chi connectivity index (χ0) is 17.5. The van der Waals surface area contributed by atoms with Gasteiger partial charge in [0.15, 0.2) is 0 Å². The molecule has 2 aliphatic heterocycles. The number of amides is 3. The third-order valence-corrected chi connectivity index (χ3v) is 4.99. The number of carbonyl (C=O) groups excluding carboxylic acids is 3. The molecular formula is C19H24N2O3. The normalized spacial score (nSPS) is 25.1. The van der Waals surface area contributed by atoms with Crippen LogP contribution in [0.2, 0.25) is 0 Å². The van der Waals surface area contributed by atoms with Gasteiger partial charge in [0.05, 0.1) is 0 Å². The van der Waals surface area contributed by atoms with E-state index in [-0.39, 0.29) is 29.1 Å². The minimum atomic E-state index is -0.506. The number of rotatable bonds is 2. The van der Waals surface area contributed by atoms with E-state index < -0.39 is 6.04 Å². The lowest BCUT2D eigenvalue weighted by atomic mass is 9.85. The molecule has 1 aromatic rings. The van der Waals surface area contributed by atoms with Crippen LogP contribution in [0.3, 0.4) is 0 Å². The minimum Gasteiger partial charge on any atom is -0.330 e. The molecule has 1 N–H and O–H groups in total. The molecule has 128 valence electrons. The van der Waals surface area contributed by atoms with Crippen molar-refractivity contribution in [2.45, 2.75) is 57.4 Å². The Hall–Kier alpha value is -2.17. The zero-order valence-electron chi connectivity index (χ0n) is 14.5. The summed E-state index contributed by atoms with van der Waals surface area (Å²) >= 11 is 0. The molecule has 24 heavy (non-hydrogen) atoms. The van der Waals surface area contributed by atoms with Gasteiger partial charge in [0.25, 0.3) is 0 Å². The van der Waals surface area contributed by atoms with Gasteiger partial charge >= 0.3 is 0 Å². The smallest absolute Gasteiger partial charge is 0.249 e. The third kappa shape index (κ3) is 3.21. The van der Waals surface area contributed by atoms with Gasteiger partial charge in [0, 0.05) is 25.3 Å². The first-order valence-electron chi connectivity index (χ1n) is 8.49. The van der Waals surface area contributed by atoms with Crippen LogP contribution in [-0.2, 0) is 19.8 Å². The molecule has 3 amide bonds. The predicted molar refractivity (Wildman–Crippen MR) is 90.4 cm³/mol. The van der Waals surface area contributed by atoms with E-state index in [0.29, 0.717) is 25.8 Å². The SMILES string of the molecule is CC(C)(C)c1ccc(C2CC(=O)N(C3CCC(=O)NC3=O)C2)cc1. The number of hydrogen-bond acceptors (Lipinski definition) is 3. The minimum absolute atomic E-state index is 0.00519. The van der Waals surface area contributed by atoms with Crippen LogP contribution < -0.4 is 5.32 Å². The van der Waals surface area contributed by atoms with E-state index in [0.717, 1.165) is 5.56 Å². The number of carbonyl (C=O) groups is 3. The Bertz CT molecular complexity index is 673. The first-order chi connectivity index (χ1) is 11.3. The Kier molecular flexibility index (Phi) is 4.20. The molecule has 2 atom stereocenters. The Morgan fingerprint density at radius 1 is 1.08 bits per heavy atom. The molecule has 5 nitrogen and oxygen atoms in total. The second-order valence-corrected chi connectivity index (χ2v) is 7.79. The second-order valence-electron chi connectivity index (χ2n) is 7.79. The lowest BCUT2D eigenvalue weighted by molar-refractivity contribution is -0.143. The maximum Gasteiger partial charge on any atom is 0.249 e. The van der Waals surface area contributed by atoms with Gasteiger partial charge in [0.2, 0.25) is 17.7 Å². The van der Waals surface area contributed by atoms with Gasteiger partial charge in [-0.2, -0.15) is 0 Å². The summed E-state index contributed by atoms with van der Waals surface area (Å²) in [6.45, 7) is 7.06. The lowest BCUT2D eigenvalue weighted by Crippen LogP contribution is -2.52. The molecule has 0 radical (unpaired) electrons. The highest BCUT2D eigenvalue weighted by Crippen LogP contribution is 2.32. The fourth-order valence-electron chi connectivity index (χ4n) is 3.49. The molecule has 2 aliphatic rings. The summed E-state index contributed by atoms with van der Waals surface area (Å²) in [7, 11) is 0. The molecule has 2 heterocycles. The van der Waals surface area contributed by atoms with E-state index in [9.17, 15) is 14.4 Å². The lowest BCUT2D eigenvalue weighted by Gasteiger charge is -2.29. The molecule has 2 unspecified atom stereocenters. The van der Waals surface area contributed by atoms with Crippen molar-refractivity contribution in [1.82, 2.24) is 10.2 Å². The molecule has 5 heteroatoms. The van der Waals surface area contributed by atoms with E-state index in [1.165, 1.54) is 5.56 Å². The van der Waals surface area contributed by atoms with E-state index in [1.54, 1.807) is 4.90 Å². The number of likely N-dealkylation sites (tertiary alicyclic amines) is 1. The molecule has 2 saturated heterocycles. The van der Waals surface area contributed by atoms with E-state index in [4.69, 9.17) is 0 Å². The van der Waals surface area contributed by atoms with Gasteiger partial charge in [0.1, 0.15) is 6.04 Å². The highest BCUT2D eigenvalue weighted by atomic mass is 16.2. The Labute approximate surface area is 142 Å². The molecule has 3 rings (SSSR count). The predicted octanol–water partition coefficient (Wildman–Crippen LogP) is 2.11. The number of imide groups is 1. The Morgan fingerprint density at radius 3 is 2.33 bits per heavy atom. The summed E-state index contributed by atoms with van der Waals surface area (Å²) in [4.78, 5) is 37.3. The van der Waals surface area contributed by atoms with Crippen LogP contribution in [-0.4, -0.2) is 35.2 Å². The molecule has 1 aromatic carbocycles. The molecule has 0 saturated carbocycles. The fourth-order valence-corrected chi connectivity index (χ4v) is 3.49. The van der Waals surface area contributed by atoms with Gasteiger partial charge in [-0.1, -0.05) is 45.0 Å². The number of nitrogens with zero attached hydrogens (tertiary/aromatic N) is 1. The van der Waals surface area contributed by atoms with Crippen molar-refractivity contribution in [3.8, 4) is 0 Å². The van der Waals surface area contributed by atoms with E-state index in [1.807, 2.05) is 0 Å². The van der Waals surface area contributed by atoms with Crippen LogP contribution in [0.15, 0.2) is 24.3 Å². The fraction of sp³-hybridized carbons (Fsp3) is 0.526. The largest absolute Gasteiger partial charge is 0.330 e. The summed E-state index contributed by atoms with van der Waals surface area (Å²) in [5.41, 5.74) is 2.49. The first-order valence-corrected chi connectivity index (χ1v) is 8.49. The summed E-state index contributed by atoms with van der Waals surface area (Å²) in [5.74, 6) is -0.494. The van der Waals surface area contributed by atoms with Gasteiger partial charge < -0.3 is 4.90 Å². The maximum atomic E-state index is 12.4. The van der Waals surface area contributed by atoms with Crippen molar-refractivity contribution in [3.63, 3.8) is 0 Å². The van der Waals surface area contributed by atoms with Crippen LogP contribution in [0, 0.1) is 0 Å². The monoisotopic (exact) mass is 328 g/mol. The second kappa shape index (κ2) is 6.04. The summed E-state index contributed by atoms with van der Waals surface area (Å²) < 4.78 is 0. The van der Waals surface area contributed by atoms with Crippen LogP contribution in [0.25, 0.3) is 0 Å². The molecule has 0 spiro atoms. The van der Waals surface area contributed by atoms with Crippen molar-refractivity contribution < 1.29 is 14.4 Å². The van der Waals surface area contributed by atoms with Crippen molar-refractivity contribution in [2.75, 3.05) is 6.54 Å². The third-order valence-electron chi connectivity index (χ3n) is 4.99. The Morgan fingerprint density at radius 2 is 1.75 bits per heavy atom. The molecule has 0 aliphatic carbocycles. The average molecular weight is 328 g/mol. The Balaban J connectivity index is 1.73. The summed E-state index contributed by atoms with van der Waals surface area (Å²) in [6, 6.07) is 7.91. The first kappa shape index (κ1) is 16.7. The van der Waals surface area contributed by atoms with E-state index in [2.05, 4.69) is 50.4 Å². The van der Waals surface area contributed by atoms with Crippen LogP contribution in [0.4, 0.5) is 0 Å². The topological polar surface area (TPSA) is 66.5 Å². The number of nitrogens with one attached hydrogen (secondary N) is 1. The number of hydrogen-bond donors (Lipinski definition) is 1. The maximum absolute atomic E-state index is 12.4. The quantitative estimate of drug-likeness (QED) is 0.846. The summed E-state index contributed by atoms with van der Waals surface area (Å²) in [5, 5.41) is 2.33. The zero-order valence-corrected chi connectivity index (χ0v) is 14.5. The number of piperidine rings is 1. The number of benzene rings is 1. The van der Waals surface area contributed by atoms with Gasteiger partial charge in [-0.25, -0.2) is 0 Å². The highest BCUT2D eigenvalue weighted by Gasteiger charge is 2.40. The van der Waals surface area contributed by atoms with Crippen LogP contribution >= 0.6 is 0 Å². The van der Waals surface area contributed by atoms with Crippen molar-refractivity contribution in [3.05, 3.63) is 35.4 Å². The van der Waals surface area contributed by atoms with Gasteiger partial charge in [-0.3, -0.25) is 19.7 Å². The molecule has 0 aromatic heterocycles. The summed E-state index contributed by atoms with van der Waals surface area (Å²) in [6.07, 6.45) is 1.14. The van der Waals surface area contributed by atoms with Crippen LogP contribution in [0.5, 0.6) is 0 Å². The van der Waals surface area contributed by atoms with Gasteiger partial charge in [-0.15, -0.1) is 0 Å². The van der Waals surface area contributed by atoms with Crippen molar-refractivity contribution >= 4 is 17.7 Å². The standard InChI is InChI=1S/C19H24N2O3/c1-19(2,3)14-6-4-12(5-7-14)13-10-17(23)21(11-13)15-8-9-16(22)20-18(15)24/h4-7,13,15H,8-11H2,1-3H3,(H,20,22,24). The molecule has 2 fully saturated rings. The van der Waals surface area contributed by atoms with Gasteiger partial charge in [-0.05, 0) is 23.0 Å². The average Bonchev–Trinajstić information content (AvgIpc) is 2.88. The molecule has 0 bridgehead atoms. The van der Waals surface area contributed by atoms with E-state index >= 15 is 0 Å². The van der Waals surface area contributed by atoms with Crippen molar-refractivity contribution in [1.29, 1.82) is 0 Å². The van der Waals surface area contributed by atoms with Crippen molar-refractivity contribution in [2.24, 2.45) is 0 Å². The molecular weight excluding hydrogens is 304 g/mol. The van der Waals surface area contributed by atoms with Crippen LogP contribution in [0.1, 0.15) is 57.1 Å².